The SMILES string of the molecule is CCN(c1cc(-c2ccc(C(=O)O)cc2)cc(C(=O)NCc2c(C)cc(C)[nH]c2=O)c1C)C1CCOCC1. The number of carbonyl (C=O) groups is 2. The maximum Gasteiger partial charge on any atom is 0.335 e. The average molecular weight is 518 g/mol. The smallest absolute Gasteiger partial charge is 0.335 e. The maximum absolute atomic E-state index is 13.6. The van der Waals surface area contributed by atoms with E-state index in [0.717, 1.165) is 53.0 Å². The highest BCUT2D eigenvalue weighted by Gasteiger charge is 2.25. The molecule has 1 aliphatic rings. The standard InChI is InChI=1S/C30H35N3O5/c1-5-33(24-10-12-38-13-11-24)27-16-23(21-6-8-22(9-7-21)30(36)37)15-25(20(27)4)28(34)31-17-26-18(2)14-19(3)32-29(26)35/h6-9,14-16,24H,5,10-13,17H2,1-4H3,(H,31,34)(H,32,35)(H,36,37). The third-order valence-electron chi connectivity index (χ3n) is 7.29. The molecule has 1 amide bonds. The second kappa shape index (κ2) is 11.6. The highest BCUT2D eigenvalue weighted by Crippen LogP contribution is 2.34. The van der Waals surface area contributed by atoms with Crippen LogP contribution in [0, 0.1) is 20.8 Å². The number of amides is 1. The number of H-pyrrole nitrogens is 1. The first kappa shape index (κ1) is 27.1. The van der Waals surface area contributed by atoms with Gasteiger partial charge in [0.25, 0.3) is 11.5 Å². The van der Waals surface area contributed by atoms with Crippen molar-refractivity contribution in [1.82, 2.24) is 10.3 Å². The zero-order valence-electron chi connectivity index (χ0n) is 22.4. The van der Waals surface area contributed by atoms with E-state index in [4.69, 9.17) is 4.74 Å². The Labute approximate surface area is 222 Å². The molecule has 200 valence electrons. The van der Waals surface area contributed by atoms with Crippen molar-refractivity contribution >= 4 is 17.6 Å². The molecule has 8 heteroatoms. The molecule has 0 saturated carbocycles. The largest absolute Gasteiger partial charge is 0.478 e. The van der Waals surface area contributed by atoms with Crippen molar-refractivity contribution in [2.24, 2.45) is 0 Å². The summed E-state index contributed by atoms with van der Waals surface area (Å²) in [7, 11) is 0. The topological polar surface area (TPSA) is 112 Å². The van der Waals surface area contributed by atoms with Crippen LogP contribution in [0.4, 0.5) is 5.69 Å². The number of aryl methyl sites for hydroxylation is 2. The van der Waals surface area contributed by atoms with Crippen molar-refractivity contribution in [1.29, 1.82) is 0 Å². The second-order valence-corrected chi connectivity index (χ2v) is 9.81. The number of aromatic amines is 1. The molecule has 4 rings (SSSR count). The van der Waals surface area contributed by atoms with Crippen LogP contribution in [0.15, 0.2) is 47.3 Å². The van der Waals surface area contributed by atoms with E-state index in [-0.39, 0.29) is 23.6 Å². The minimum Gasteiger partial charge on any atom is -0.478 e. The van der Waals surface area contributed by atoms with Gasteiger partial charge in [0.15, 0.2) is 0 Å². The minimum absolute atomic E-state index is 0.115. The molecule has 0 bridgehead atoms. The van der Waals surface area contributed by atoms with E-state index in [0.29, 0.717) is 30.4 Å². The van der Waals surface area contributed by atoms with Crippen LogP contribution < -0.4 is 15.8 Å². The zero-order valence-corrected chi connectivity index (χ0v) is 22.4. The van der Waals surface area contributed by atoms with Crippen molar-refractivity contribution < 1.29 is 19.4 Å². The van der Waals surface area contributed by atoms with Gasteiger partial charge in [0, 0.05) is 54.9 Å². The number of anilines is 1. The summed E-state index contributed by atoms with van der Waals surface area (Å²) in [5.41, 5.74) is 6.11. The summed E-state index contributed by atoms with van der Waals surface area (Å²) < 4.78 is 5.58. The first-order valence-electron chi connectivity index (χ1n) is 13.0. The normalized spacial score (nSPS) is 13.8. The lowest BCUT2D eigenvalue weighted by Gasteiger charge is -2.37. The molecule has 3 N–H and O–H groups in total. The summed E-state index contributed by atoms with van der Waals surface area (Å²) in [5.74, 6) is -1.26. The Hall–Kier alpha value is -3.91. The third kappa shape index (κ3) is 5.81. The lowest BCUT2D eigenvalue weighted by atomic mass is 9.94. The first-order chi connectivity index (χ1) is 18.2. The number of rotatable bonds is 8. The lowest BCUT2D eigenvalue weighted by Crippen LogP contribution is -2.40. The number of pyridine rings is 1. The van der Waals surface area contributed by atoms with Gasteiger partial charge in [-0.05, 0) is 93.1 Å². The van der Waals surface area contributed by atoms with Gasteiger partial charge in [-0.15, -0.1) is 0 Å². The number of hydrogen-bond acceptors (Lipinski definition) is 5. The van der Waals surface area contributed by atoms with E-state index in [9.17, 15) is 19.5 Å². The first-order valence-corrected chi connectivity index (χ1v) is 13.0. The highest BCUT2D eigenvalue weighted by molar-refractivity contribution is 5.99. The van der Waals surface area contributed by atoms with Crippen LogP contribution in [0.25, 0.3) is 11.1 Å². The third-order valence-corrected chi connectivity index (χ3v) is 7.29. The van der Waals surface area contributed by atoms with Gasteiger partial charge >= 0.3 is 5.97 Å². The van der Waals surface area contributed by atoms with Gasteiger partial charge in [0.2, 0.25) is 0 Å². The van der Waals surface area contributed by atoms with E-state index >= 15 is 0 Å². The molecule has 0 aliphatic carbocycles. The molecule has 1 aromatic heterocycles. The number of aromatic nitrogens is 1. The number of carboxylic acid groups (broad SMARTS) is 1. The summed E-state index contributed by atoms with van der Waals surface area (Å²) in [6.45, 7) is 10.0. The van der Waals surface area contributed by atoms with E-state index in [2.05, 4.69) is 28.2 Å². The summed E-state index contributed by atoms with van der Waals surface area (Å²) in [4.78, 5) is 42.5. The summed E-state index contributed by atoms with van der Waals surface area (Å²) in [6, 6.07) is 12.8. The molecule has 0 radical (unpaired) electrons. The molecule has 1 aliphatic heterocycles. The Bertz CT molecular complexity index is 1390. The van der Waals surface area contributed by atoms with Crippen LogP contribution in [-0.4, -0.2) is 47.8 Å². The quantitative estimate of drug-likeness (QED) is 0.403. The van der Waals surface area contributed by atoms with Crippen LogP contribution in [0.1, 0.15) is 62.9 Å². The summed E-state index contributed by atoms with van der Waals surface area (Å²) in [5, 5.41) is 12.3. The fraction of sp³-hybridized carbons (Fsp3) is 0.367. The van der Waals surface area contributed by atoms with Crippen molar-refractivity contribution in [3.05, 3.63) is 86.3 Å². The van der Waals surface area contributed by atoms with Crippen molar-refractivity contribution in [3.63, 3.8) is 0 Å². The van der Waals surface area contributed by atoms with Gasteiger partial charge in [0.05, 0.1) is 5.56 Å². The molecular formula is C30H35N3O5. The molecule has 0 atom stereocenters. The minimum atomic E-state index is -0.987. The molecule has 3 aromatic rings. The Kier molecular flexibility index (Phi) is 8.32. The molecule has 1 saturated heterocycles. The Morgan fingerprint density at radius 2 is 1.74 bits per heavy atom. The van der Waals surface area contributed by atoms with Crippen molar-refractivity contribution in [3.8, 4) is 11.1 Å². The fourth-order valence-electron chi connectivity index (χ4n) is 5.19. The predicted octanol–water partition coefficient (Wildman–Crippen LogP) is 4.60. The molecule has 1 fully saturated rings. The van der Waals surface area contributed by atoms with Crippen molar-refractivity contribution in [2.75, 3.05) is 24.7 Å². The van der Waals surface area contributed by atoms with Crippen LogP contribution in [-0.2, 0) is 11.3 Å². The van der Waals surface area contributed by atoms with E-state index in [1.807, 2.05) is 32.9 Å². The summed E-state index contributed by atoms with van der Waals surface area (Å²) >= 11 is 0. The van der Waals surface area contributed by atoms with Crippen LogP contribution >= 0.6 is 0 Å². The molecule has 2 aromatic carbocycles. The second-order valence-electron chi connectivity index (χ2n) is 9.81. The monoisotopic (exact) mass is 517 g/mol. The fourth-order valence-corrected chi connectivity index (χ4v) is 5.19. The van der Waals surface area contributed by atoms with Gasteiger partial charge in [0.1, 0.15) is 0 Å². The Balaban J connectivity index is 1.74. The van der Waals surface area contributed by atoms with Crippen molar-refractivity contribution in [2.45, 2.75) is 53.1 Å². The molecule has 0 spiro atoms. The predicted molar refractivity (Wildman–Crippen MR) is 148 cm³/mol. The van der Waals surface area contributed by atoms with Gasteiger partial charge in [-0.1, -0.05) is 12.1 Å². The van der Waals surface area contributed by atoms with E-state index < -0.39 is 5.97 Å². The number of nitrogens with zero attached hydrogens (tertiary/aromatic N) is 1. The number of benzene rings is 2. The van der Waals surface area contributed by atoms with Gasteiger partial charge < -0.3 is 25.0 Å². The van der Waals surface area contributed by atoms with Crippen LogP contribution in [0.5, 0.6) is 0 Å². The number of aromatic carboxylic acids is 1. The molecule has 2 heterocycles. The van der Waals surface area contributed by atoms with Gasteiger partial charge in [-0.3, -0.25) is 9.59 Å². The molecule has 8 nitrogen and oxygen atoms in total. The van der Waals surface area contributed by atoms with Gasteiger partial charge in [-0.25, -0.2) is 4.79 Å². The number of carboxylic acids is 1. The zero-order chi connectivity index (χ0) is 27.4. The van der Waals surface area contributed by atoms with Crippen LogP contribution in [0.2, 0.25) is 0 Å². The molecular weight excluding hydrogens is 482 g/mol. The lowest BCUT2D eigenvalue weighted by molar-refractivity contribution is 0.0696. The number of carbonyl (C=O) groups excluding carboxylic acids is 1. The summed E-state index contributed by atoms with van der Waals surface area (Å²) in [6.07, 6.45) is 1.81. The Morgan fingerprint density at radius 3 is 2.34 bits per heavy atom. The molecule has 0 unspecified atom stereocenters. The van der Waals surface area contributed by atoms with Crippen LogP contribution in [0.3, 0.4) is 0 Å². The molecule has 38 heavy (non-hydrogen) atoms. The number of nitrogens with one attached hydrogen (secondary N) is 2. The van der Waals surface area contributed by atoms with E-state index in [1.165, 1.54) is 0 Å². The average Bonchev–Trinajstić information content (AvgIpc) is 2.90. The van der Waals surface area contributed by atoms with Gasteiger partial charge in [-0.2, -0.15) is 0 Å². The maximum atomic E-state index is 13.6. The number of hydrogen-bond donors (Lipinski definition) is 3. The Morgan fingerprint density at radius 1 is 1.05 bits per heavy atom. The van der Waals surface area contributed by atoms with E-state index in [1.54, 1.807) is 24.3 Å². The number of ether oxygens (including phenoxy) is 1. The highest BCUT2D eigenvalue weighted by atomic mass is 16.5.